The molecule has 1 aromatic rings. The molecule has 0 amide bonds. The summed E-state index contributed by atoms with van der Waals surface area (Å²) in [5.74, 6) is 0.605. The molecule has 1 rings (SSSR count). The van der Waals surface area contributed by atoms with Crippen molar-refractivity contribution in [1.29, 1.82) is 0 Å². The van der Waals surface area contributed by atoms with Crippen LogP contribution in [0.4, 0.5) is 0 Å². The van der Waals surface area contributed by atoms with Gasteiger partial charge in [-0.3, -0.25) is 0 Å². The average molecular weight is 223 g/mol. The van der Waals surface area contributed by atoms with Crippen molar-refractivity contribution in [3.05, 3.63) is 17.5 Å². The molecule has 0 bridgehead atoms. The van der Waals surface area contributed by atoms with Crippen LogP contribution in [0, 0.1) is 12.8 Å². The second-order valence-corrected chi connectivity index (χ2v) is 4.55. The van der Waals surface area contributed by atoms with Gasteiger partial charge in [0.05, 0.1) is 11.8 Å². The number of aromatic nitrogens is 2. The number of nitrogens with two attached hydrogens (primary N) is 1. The standard InChI is InChI=1S/C12H21N3O/c1-8(2)5-10(4)16-12-14-9(3)6-11(7-13)15-12/h6,8,10H,5,7,13H2,1-4H3. The molecule has 0 aliphatic carbocycles. The fourth-order valence-electron chi connectivity index (χ4n) is 1.65. The van der Waals surface area contributed by atoms with Crippen molar-refractivity contribution in [3.63, 3.8) is 0 Å². The van der Waals surface area contributed by atoms with Crippen molar-refractivity contribution < 1.29 is 4.74 Å². The van der Waals surface area contributed by atoms with Crippen molar-refractivity contribution >= 4 is 0 Å². The molecule has 0 saturated heterocycles. The topological polar surface area (TPSA) is 61.0 Å². The van der Waals surface area contributed by atoms with Gasteiger partial charge in [0.2, 0.25) is 0 Å². The number of ether oxygens (including phenoxy) is 1. The van der Waals surface area contributed by atoms with Crippen LogP contribution in [0.3, 0.4) is 0 Å². The molecule has 1 heterocycles. The van der Waals surface area contributed by atoms with E-state index in [1.807, 2.05) is 19.9 Å². The molecule has 1 atom stereocenters. The summed E-state index contributed by atoms with van der Waals surface area (Å²) in [5, 5.41) is 0. The maximum Gasteiger partial charge on any atom is 0.317 e. The van der Waals surface area contributed by atoms with E-state index in [1.165, 1.54) is 0 Å². The smallest absolute Gasteiger partial charge is 0.317 e. The molecule has 2 N–H and O–H groups in total. The van der Waals surface area contributed by atoms with Crippen molar-refractivity contribution in [2.75, 3.05) is 0 Å². The van der Waals surface area contributed by atoms with Gasteiger partial charge in [-0.2, -0.15) is 4.98 Å². The summed E-state index contributed by atoms with van der Waals surface area (Å²) in [5.41, 5.74) is 7.26. The van der Waals surface area contributed by atoms with Crippen LogP contribution in [0.2, 0.25) is 0 Å². The fraction of sp³-hybridized carbons (Fsp3) is 0.667. The van der Waals surface area contributed by atoms with E-state index >= 15 is 0 Å². The predicted molar refractivity (Wildman–Crippen MR) is 64.2 cm³/mol. The zero-order valence-corrected chi connectivity index (χ0v) is 10.5. The summed E-state index contributed by atoms with van der Waals surface area (Å²) in [4.78, 5) is 8.48. The molecule has 4 heteroatoms. The molecular formula is C12H21N3O. The lowest BCUT2D eigenvalue weighted by Crippen LogP contribution is -2.17. The highest BCUT2D eigenvalue weighted by Crippen LogP contribution is 2.12. The fourth-order valence-corrected chi connectivity index (χ4v) is 1.65. The zero-order chi connectivity index (χ0) is 12.1. The second kappa shape index (κ2) is 5.80. The zero-order valence-electron chi connectivity index (χ0n) is 10.5. The van der Waals surface area contributed by atoms with Gasteiger partial charge in [-0.25, -0.2) is 4.98 Å². The first-order valence-corrected chi connectivity index (χ1v) is 5.72. The Hall–Kier alpha value is -1.16. The van der Waals surface area contributed by atoms with Crippen LogP contribution >= 0.6 is 0 Å². The van der Waals surface area contributed by atoms with E-state index in [-0.39, 0.29) is 6.10 Å². The monoisotopic (exact) mass is 223 g/mol. The molecule has 1 unspecified atom stereocenters. The highest BCUT2D eigenvalue weighted by Gasteiger charge is 2.09. The lowest BCUT2D eigenvalue weighted by Gasteiger charge is -2.15. The minimum atomic E-state index is 0.132. The molecule has 4 nitrogen and oxygen atoms in total. The Labute approximate surface area is 97.2 Å². The summed E-state index contributed by atoms with van der Waals surface area (Å²) < 4.78 is 5.67. The summed E-state index contributed by atoms with van der Waals surface area (Å²) in [6, 6.07) is 2.31. The number of rotatable bonds is 5. The number of nitrogens with zero attached hydrogens (tertiary/aromatic N) is 2. The molecule has 1 aromatic heterocycles. The molecule has 0 aliphatic rings. The maximum absolute atomic E-state index is 5.67. The summed E-state index contributed by atoms with van der Waals surface area (Å²) in [6.45, 7) is 8.71. The summed E-state index contributed by atoms with van der Waals surface area (Å²) in [6.07, 6.45) is 1.13. The maximum atomic E-state index is 5.67. The molecule has 16 heavy (non-hydrogen) atoms. The van der Waals surface area contributed by atoms with Crippen molar-refractivity contribution in [1.82, 2.24) is 9.97 Å². The van der Waals surface area contributed by atoms with Gasteiger partial charge in [-0.1, -0.05) is 13.8 Å². The first-order chi connectivity index (χ1) is 7.51. The minimum absolute atomic E-state index is 0.132. The molecule has 0 aliphatic heterocycles. The second-order valence-electron chi connectivity index (χ2n) is 4.55. The number of hydrogen-bond acceptors (Lipinski definition) is 4. The quantitative estimate of drug-likeness (QED) is 0.830. The van der Waals surface area contributed by atoms with Crippen molar-refractivity contribution in [3.8, 4) is 6.01 Å². The Morgan fingerprint density at radius 2 is 2.00 bits per heavy atom. The van der Waals surface area contributed by atoms with E-state index in [0.717, 1.165) is 17.8 Å². The third-order valence-electron chi connectivity index (χ3n) is 2.21. The number of aryl methyl sites for hydroxylation is 1. The molecule has 0 saturated carbocycles. The Morgan fingerprint density at radius 3 is 2.56 bits per heavy atom. The Bertz CT molecular complexity index is 339. The van der Waals surface area contributed by atoms with Crippen LogP contribution in [0.1, 0.15) is 38.6 Å². The van der Waals surface area contributed by atoms with Gasteiger partial charge in [0.15, 0.2) is 0 Å². The Morgan fingerprint density at radius 1 is 1.31 bits per heavy atom. The van der Waals surface area contributed by atoms with Gasteiger partial charge in [0, 0.05) is 12.2 Å². The van der Waals surface area contributed by atoms with Crippen LogP contribution in [-0.2, 0) is 6.54 Å². The first-order valence-electron chi connectivity index (χ1n) is 5.72. The summed E-state index contributed by atoms with van der Waals surface area (Å²) >= 11 is 0. The van der Waals surface area contributed by atoms with E-state index in [1.54, 1.807) is 0 Å². The third kappa shape index (κ3) is 4.14. The van der Waals surface area contributed by atoms with E-state index in [4.69, 9.17) is 10.5 Å². The number of hydrogen-bond donors (Lipinski definition) is 1. The van der Waals surface area contributed by atoms with Gasteiger partial charge in [0.25, 0.3) is 0 Å². The molecule has 0 aromatic carbocycles. The van der Waals surface area contributed by atoms with Gasteiger partial charge < -0.3 is 10.5 Å². The summed E-state index contributed by atoms with van der Waals surface area (Å²) in [7, 11) is 0. The Kier molecular flexibility index (Phi) is 4.68. The van der Waals surface area contributed by atoms with E-state index in [2.05, 4.69) is 23.8 Å². The predicted octanol–water partition coefficient (Wildman–Crippen LogP) is 2.06. The van der Waals surface area contributed by atoms with Gasteiger partial charge >= 0.3 is 6.01 Å². The largest absolute Gasteiger partial charge is 0.460 e. The van der Waals surface area contributed by atoms with Crippen molar-refractivity contribution in [2.45, 2.75) is 46.8 Å². The normalized spacial score (nSPS) is 12.9. The minimum Gasteiger partial charge on any atom is -0.460 e. The van der Waals surface area contributed by atoms with Crippen LogP contribution < -0.4 is 10.5 Å². The average Bonchev–Trinajstić information content (AvgIpc) is 2.14. The van der Waals surface area contributed by atoms with Gasteiger partial charge in [-0.05, 0) is 32.3 Å². The van der Waals surface area contributed by atoms with Crippen LogP contribution in [-0.4, -0.2) is 16.1 Å². The lowest BCUT2D eigenvalue weighted by atomic mass is 10.1. The van der Waals surface area contributed by atoms with E-state index in [9.17, 15) is 0 Å². The van der Waals surface area contributed by atoms with Crippen LogP contribution in [0.25, 0.3) is 0 Å². The molecule has 0 radical (unpaired) electrons. The molecule has 0 spiro atoms. The molecule has 90 valence electrons. The van der Waals surface area contributed by atoms with Crippen LogP contribution in [0.5, 0.6) is 6.01 Å². The van der Waals surface area contributed by atoms with E-state index < -0.39 is 0 Å². The SMILES string of the molecule is Cc1cc(CN)nc(OC(C)CC(C)C)n1. The van der Waals surface area contributed by atoms with Crippen molar-refractivity contribution in [2.24, 2.45) is 11.7 Å². The lowest BCUT2D eigenvalue weighted by molar-refractivity contribution is 0.176. The highest BCUT2D eigenvalue weighted by atomic mass is 16.5. The van der Waals surface area contributed by atoms with Gasteiger partial charge in [0.1, 0.15) is 0 Å². The molecular weight excluding hydrogens is 202 g/mol. The van der Waals surface area contributed by atoms with Crippen LogP contribution in [0.15, 0.2) is 6.07 Å². The molecule has 0 fully saturated rings. The first kappa shape index (κ1) is 12.9. The van der Waals surface area contributed by atoms with E-state index in [0.29, 0.717) is 18.5 Å². The Balaban J connectivity index is 2.69. The highest BCUT2D eigenvalue weighted by molar-refractivity contribution is 5.12. The van der Waals surface area contributed by atoms with Gasteiger partial charge in [-0.15, -0.1) is 0 Å². The third-order valence-corrected chi connectivity index (χ3v) is 2.21.